The Bertz CT molecular complexity index is 928. The van der Waals surface area contributed by atoms with Crippen molar-refractivity contribution in [1.29, 1.82) is 0 Å². The van der Waals surface area contributed by atoms with Crippen LogP contribution in [-0.2, 0) is 0 Å². The van der Waals surface area contributed by atoms with Crippen molar-refractivity contribution < 1.29 is 5.11 Å². The van der Waals surface area contributed by atoms with Crippen molar-refractivity contribution >= 4 is 11.6 Å². The molecular formula is C22H19ClN2O. The topological polar surface area (TPSA) is 45.2 Å². The van der Waals surface area contributed by atoms with Crippen LogP contribution in [0.3, 0.4) is 0 Å². The molecule has 0 amide bonds. The third kappa shape index (κ3) is 4.64. The van der Waals surface area contributed by atoms with Gasteiger partial charge in [-0.2, -0.15) is 0 Å². The van der Waals surface area contributed by atoms with Gasteiger partial charge in [-0.3, -0.25) is 10.3 Å². The van der Waals surface area contributed by atoms with Crippen molar-refractivity contribution in [2.45, 2.75) is 13.0 Å². The number of phenols is 1. The van der Waals surface area contributed by atoms with Gasteiger partial charge in [0.2, 0.25) is 0 Å². The van der Waals surface area contributed by atoms with Crippen molar-refractivity contribution in [3.63, 3.8) is 0 Å². The van der Waals surface area contributed by atoms with E-state index < -0.39 is 0 Å². The third-order valence-electron chi connectivity index (χ3n) is 4.03. The number of nitrogens with one attached hydrogen (secondary N) is 1. The maximum absolute atomic E-state index is 9.92. The number of halogens is 1. The van der Waals surface area contributed by atoms with Gasteiger partial charge >= 0.3 is 0 Å². The molecule has 0 radical (unpaired) electrons. The van der Waals surface area contributed by atoms with E-state index in [1.54, 1.807) is 24.4 Å². The summed E-state index contributed by atoms with van der Waals surface area (Å²) in [7, 11) is 0. The van der Waals surface area contributed by atoms with E-state index in [0.29, 0.717) is 11.6 Å². The molecule has 0 aliphatic heterocycles. The highest BCUT2D eigenvalue weighted by molar-refractivity contribution is 6.30. The zero-order valence-corrected chi connectivity index (χ0v) is 15.2. The van der Waals surface area contributed by atoms with Gasteiger partial charge in [0.05, 0.1) is 12.2 Å². The van der Waals surface area contributed by atoms with Crippen LogP contribution < -0.4 is 5.32 Å². The van der Waals surface area contributed by atoms with Crippen LogP contribution in [0.25, 0.3) is 11.3 Å². The molecule has 0 saturated heterocycles. The number of aromatic nitrogens is 1. The second-order valence-electron chi connectivity index (χ2n) is 5.90. The first-order valence-electron chi connectivity index (χ1n) is 8.35. The third-order valence-corrected chi connectivity index (χ3v) is 4.27. The predicted octanol–water partition coefficient (Wildman–Crippen LogP) is 4.81. The number of hydrogen-bond donors (Lipinski definition) is 2. The van der Waals surface area contributed by atoms with Gasteiger partial charge in [-0.1, -0.05) is 41.6 Å². The molecule has 1 atom stereocenters. The van der Waals surface area contributed by atoms with Gasteiger partial charge in [0.1, 0.15) is 5.75 Å². The fourth-order valence-electron chi connectivity index (χ4n) is 2.59. The highest BCUT2D eigenvalue weighted by Crippen LogP contribution is 2.26. The number of nitrogens with zero attached hydrogens (tertiary/aromatic N) is 1. The molecular weight excluding hydrogens is 344 g/mol. The van der Waals surface area contributed by atoms with E-state index in [-0.39, 0.29) is 11.8 Å². The highest BCUT2D eigenvalue weighted by atomic mass is 35.5. The van der Waals surface area contributed by atoms with Crippen LogP contribution in [0.2, 0.25) is 5.02 Å². The largest absolute Gasteiger partial charge is 0.508 e. The zero-order valence-electron chi connectivity index (χ0n) is 14.4. The monoisotopic (exact) mass is 362 g/mol. The molecule has 0 spiro atoms. The van der Waals surface area contributed by atoms with Crippen LogP contribution >= 0.6 is 11.6 Å². The normalized spacial score (nSPS) is 11.5. The summed E-state index contributed by atoms with van der Waals surface area (Å²) in [6.07, 6.45) is 1.79. The molecule has 1 heterocycles. The number of pyridine rings is 1. The van der Waals surface area contributed by atoms with Crippen LogP contribution in [0.4, 0.5) is 0 Å². The molecule has 0 aliphatic rings. The summed E-state index contributed by atoms with van der Waals surface area (Å²) in [5, 5.41) is 13.8. The summed E-state index contributed by atoms with van der Waals surface area (Å²) in [4.78, 5) is 4.34. The molecule has 2 N–H and O–H groups in total. The number of aromatic hydroxyl groups is 1. The van der Waals surface area contributed by atoms with Crippen LogP contribution in [0.1, 0.15) is 24.1 Å². The smallest absolute Gasteiger partial charge is 0.120 e. The quantitative estimate of drug-likeness (QED) is 0.655. The average molecular weight is 363 g/mol. The summed E-state index contributed by atoms with van der Waals surface area (Å²) in [5.41, 5.74) is 3.73. The van der Waals surface area contributed by atoms with Crippen molar-refractivity contribution in [2.75, 3.05) is 6.54 Å². The van der Waals surface area contributed by atoms with Gasteiger partial charge in [0.15, 0.2) is 0 Å². The number of hydrogen-bond acceptors (Lipinski definition) is 3. The van der Waals surface area contributed by atoms with Crippen molar-refractivity contribution in [1.82, 2.24) is 10.3 Å². The van der Waals surface area contributed by atoms with E-state index in [1.165, 1.54) is 0 Å². The lowest BCUT2D eigenvalue weighted by atomic mass is 10.1. The molecule has 0 bridgehead atoms. The molecule has 1 unspecified atom stereocenters. The number of rotatable bonds is 4. The lowest BCUT2D eigenvalue weighted by molar-refractivity contribution is 0.456. The first-order chi connectivity index (χ1) is 12.6. The maximum Gasteiger partial charge on any atom is 0.120 e. The zero-order chi connectivity index (χ0) is 18.4. The minimum Gasteiger partial charge on any atom is -0.508 e. The van der Waals surface area contributed by atoms with Crippen LogP contribution in [-0.4, -0.2) is 16.6 Å². The Labute approximate surface area is 158 Å². The van der Waals surface area contributed by atoms with E-state index in [0.717, 1.165) is 22.4 Å². The SMILES string of the molecule is CC(NCC#Cc1ccc(-c2ccccn2)cc1)c1cc(Cl)ccc1O. The Morgan fingerprint density at radius 2 is 1.92 bits per heavy atom. The predicted molar refractivity (Wildman–Crippen MR) is 106 cm³/mol. The van der Waals surface area contributed by atoms with E-state index in [2.05, 4.69) is 22.1 Å². The first-order valence-corrected chi connectivity index (χ1v) is 8.73. The molecule has 0 aliphatic carbocycles. The Balaban J connectivity index is 1.59. The van der Waals surface area contributed by atoms with Gasteiger partial charge in [0, 0.05) is 34.0 Å². The first kappa shape index (κ1) is 18.0. The number of phenolic OH excluding ortho intramolecular Hbond substituents is 1. The second kappa shape index (κ2) is 8.53. The maximum atomic E-state index is 9.92. The summed E-state index contributed by atoms with van der Waals surface area (Å²) < 4.78 is 0. The lowest BCUT2D eigenvalue weighted by Crippen LogP contribution is -2.18. The minimum absolute atomic E-state index is 0.0467. The highest BCUT2D eigenvalue weighted by Gasteiger charge is 2.09. The Morgan fingerprint density at radius 3 is 2.65 bits per heavy atom. The Hall–Kier alpha value is -2.80. The molecule has 26 heavy (non-hydrogen) atoms. The second-order valence-corrected chi connectivity index (χ2v) is 6.34. The van der Waals surface area contributed by atoms with Crippen molar-refractivity contribution in [3.05, 3.63) is 83.0 Å². The Kier molecular flexibility index (Phi) is 5.91. The van der Waals surface area contributed by atoms with Crippen LogP contribution in [0, 0.1) is 11.8 Å². The van der Waals surface area contributed by atoms with E-state index in [4.69, 9.17) is 11.6 Å². The lowest BCUT2D eigenvalue weighted by Gasteiger charge is -2.14. The number of benzene rings is 2. The summed E-state index contributed by atoms with van der Waals surface area (Å²) in [5.74, 6) is 6.47. The Morgan fingerprint density at radius 1 is 1.12 bits per heavy atom. The van der Waals surface area contributed by atoms with Crippen LogP contribution in [0.15, 0.2) is 66.9 Å². The molecule has 2 aromatic carbocycles. The fraction of sp³-hybridized carbons (Fsp3) is 0.136. The molecule has 0 fully saturated rings. The van der Waals surface area contributed by atoms with E-state index >= 15 is 0 Å². The van der Waals surface area contributed by atoms with Gasteiger partial charge < -0.3 is 5.11 Å². The molecule has 3 rings (SSSR count). The fourth-order valence-corrected chi connectivity index (χ4v) is 2.77. The average Bonchev–Trinajstić information content (AvgIpc) is 2.68. The molecule has 4 heteroatoms. The summed E-state index contributed by atoms with van der Waals surface area (Å²) in [6.45, 7) is 2.48. The van der Waals surface area contributed by atoms with Gasteiger partial charge in [-0.05, 0) is 49.4 Å². The van der Waals surface area contributed by atoms with Gasteiger partial charge in [0.25, 0.3) is 0 Å². The molecule has 1 aromatic heterocycles. The standard InChI is InChI=1S/C22H19ClN2O/c1-16(20-15-19(23)11-12-22(20)26)24-14-4-5-17-7-9-18(10-8-17)21-6-2-3-13-25-21/h2-3,6-13,15-16,24,26H,14H2,1H3. The summed E-state index contributed by atoms with van der Waals surface area (Å²) in [6, 6.07) is 18.9. The van der Waals surface area contributed by atoms with Gasteiger partial charge in [-0.25, -0.2) is 0 Å². The molecule has 130 valence electrons. The van der Waals surface area contributed by atoms with Crippen LogP contribution in [0.5, 0.6) is 5.75 Å². The van der Waals surface area contributed by atoms with Crippen molar-refractivity contribution in [3.8, 4) is 28.8 Å². The van der Waals surface area contributed by atoms with E-state index in [1.807, 2.05) is 49.4 Å². The molecule has 3 aromatic rings. The van der Waals surface area contributed by atoms with Gasteiger partial charge in [-0.15, -0.1) is 0 Å². The van der Waals surface area contributed by atoms with Crippen molar-refractivity contribution in [2.24, 2.45) is 0 Å². The molecule has 0 saturated carbocycles. The summed E-state index contributed by atoms with van der Waals surface area (Å²) >= 11 is 5.99. The van der Waals surface area contributed by atoms with E-state index in [9.17, 15) is 5.11 Å². The molecule has 3 nitrogen and oxygen atoms in total. The minimum atomic E-state index is -0.0467.